The van der Waals surface area contributed by atoms with Gasteiger partial charge in [0.15, 0.2) is 0 Å². The molecular weight excluding hydrogens is 184 g/mol. The van der Waals surface area contributed by atoms with Gasteiger partial charge in [-0.15, -0.1) is 0 Å². The number of hydrogen-bond donors (Lipinski definition) is 2. The molecular formula is C13H20N2. The second-order valence-corrected chi connectivity index (χ2v) is 4.87. The highest BCUT2D eigenvalue weighted by molar-refractivity contribution is 5.41. The summed E-state index contributed by atoms with van der Waals surface area (Å²) in [6.45, 7) is 5.74. The van der Waals surface area contributed by atoms with Crippen LogP contribution in [0.2, 0.25) is 0 Å². The quantitative estimate of drug-likeness (QED) is 0.690. The van der Waals surface area contributed by atoms with Gasteiger partial charge in [0.05, 0.1) is 0 Å². The lowest BCUT2D eigenvalue weighted by Gasteiger charge is -2.34. The van der Waals surface area contributed by atoms with E-state index < -0.39 is 0 Å². The Morgan fingerprint density at radius 3 is 2.80 bits per heavy atom. The molecule has 1 heterocycles. The minimum atomic E-state index is 0.477. The van der Waals surface area contributed by atoms with Crippen molar-refractivity contribution in [1.29, 1.82) is 0 Å². The SMILES string of the molecule is CC1CNC(c2cccc(N)c2)C(C)C1. The maximum Gasteiger partial charge on any atom is 0.0346 e. The molecule has 2 rings (SSSR count). The summed E-state index contributed by atoms with van der Waals surface area (Å²) < 4.78 is 0. The Morgan fingerprint density at radius 1 is 1.33 bits per heavy atom. The van der Waals surface area contributed by atoms with Crippen LogP contribution >= 0.6 is 0 Å². The lowest BCUT2D eigenvalue weighted by Crippen LogP contribution is -2.37. The van der Waals surface area contributed by atoms with Gasteiger partial charge in [-0.2, -0.15) is 0 Å². The van der Waals surface area contributed by atoms with Crippen molar-refractivity contribution in [3.63, 3.8) is 0 Å². The molecule has 1 saturated heterocycles. The van der Waals surface area contributed by atoms with Gasteiger partial charge >= 0.3 is 0 Å². The lowest BCUT2D eigenvalue weighted by molar-refractivity contribution is 0.247. The van der Waals surface area contributed by atoms with Crippen LogP contribution in [0.5, 0.6) is 0 Å². The Morgan fingerprint density at radius 2 is 2.13 bits per heavy atom. The van der Waals surface area contributed by atoms with Gasteiger partial charge in [0.2, 0.25) is 0 Å². The minimum Gasteiger partial charge on any atom is -0.399 e. The van der Waals surface area contributed by atoms with Crippen LogP contribution in [0.25, 0.3) is 0 Å². The Labute approximate surface area is 91.9 Å². The first-order chi connectivity index (χ1) is 7.16. The molecule has 0 saturated carbocycles. The average Bonchev–Trinajstić information content (AvgIpc) is 2.17. The van der Waals surface area contributed by atoms with Crippen LogP contribution in [0.1, 0.15) is 31.9 Å². The zero-order valence-corrected chi connectivity index (χ0v) is 9.53. The molecule has 3 N–H and O–H groups in total. The molecule has 82 valence electrons. The van der Waals surface area contributed by atoms with Crippen LogP contribution in [-0.4, -0.2) is 6.54 Å². The summed E-state index contributed by atoms with van der Waals surface area (Å²) >= 11 is 0. The fourth-order valence-electron chi connectivity index (χ4n) is 2.58. The van der Waals surface area contributed by atoms with Gasteiger partial charge in [-0.25, -0.2) is 0 Å². The third-order valence-electron chi connectivity index (χ3n) is 3.30. The van der Waals surface area contributed by atoms with E-state index in [2.05, 4.69) is 31.3 Å². The Hall–Kier alpha value is -1.02. The number of nitrogens with one attached hydrogen (secondary N) is 1. The van der Waals surface area contributed by atoms with E-state index in [1.807, 2.05) is 12.1 Å². The molecule has 0 bridgehead atoms. The molecule has 1 aromatic rings. The van der Waals surface area contributed by atoms with E-state index in [4.69, 9.17) is 5.73 Å². The maximum absolute atomic E-state index is 5.81. The summed E-state index contributed by atoms with van der Waals surface area (Å²) in [6, 6.07) is 8.71. The van der Waals surface area contributed by atoms with E-state index in [9.17, 15) is 0 Å². The molecule has 3 atom stereocenters. The van der Waals surface area contributed by atoms with Crippen molar-refractivity contribution in [3.05, 3.63) is 29.8 Å². The van der Waals surface area contributed by atoms with Crippen molar-refractivity contribution in [2.45, 2.75) is 26.3 Å². The fraction of sp³-hybridized carbons (Fsp3) is 0.538. The molecule has 0 spiro atoms. The van der Waals surface area contributed by atoms with Crippen LogP contribution in [0.15, 0.2) is 24.3 Å². The summed E-state index contributed by atoms with van der Waals surface area (Å²) in [5.41, 5.74) is 8.00. The highest BCUT2D eigenvalue weighted by Crippen LogP contribution is 2.31. The molecule has 1 aliphatic heterocycles. The first-order valence-corrected chi connectivity index (χ1v) is 5.75. The molecule has 0 aliphatic carbocycles. The summed E-state index contributed by atoms with van der Waals surface area (Å²) in [6.07, 6.45) is 1.30. The zero-order chi connectivity index (χ0) is 10.8. The van der Waals surface area contributed by atoms with Crippen molar-refractivity contribution in [3.8, 4) is 0 Å². The summed E-state index contributed by atoms with van der Waals surface area (Å²) in [4.78, 5) is 0. The number of nitrogen functional groups attached to an aromatic ring is 1. The van der Waals surface area contributed by atoms with Gasteiger partial charge in [-0.05, 0) is 42.5 Å². The largest absolute Gasteiger partial charge is 0.399 e. The Balaban J connectivity index is 2.17. The van der Waals surface area contributed by atoms with E-state index >= 15 is 0 Å². The smallest absolute Gasteiger partial charge is 0.0346 e. The Kier molecular flexibility index (Phi) is 2.96. The fourth-order valence-corrected chi connectivity index (χ4v) is 2.58. The van der Waals surface area contributed by atoms with Crippen molar-refractivity contribution >= 4 is 5.69 Å². The first kappa shape index (κ1) is 10.5. The second-order valence-electron chi connectivity index (χ2n) is 4.87. The van der Waals surface area contributed by atoms with Crippen molar-refractivity contribution in [2.75, 3.05) is 12.3 Å². The number of nitrogens with two attached hydrogens (primary N) is 1. The molecule has 15 heavy (non-hydrogen) atoms. The number of hydrogen-bond acceptors (Lipinski definition) is 2. The van der Waals surface area contributed by atoms with E-state index in [0.29, 0.717) is 12.0 Å². The third kappa shape index (κ3) is 2.32. The highest BCUT2D eigenvalue weighted by Gasteiger charge is 2.25. The molecule has 1 aromatic carbocycles. The zero-order valence-electron chi connectivity index (χ0n) is 9.53. The lowest BCUT2D eigenvalue weighted by atomic mass is 9.83. The third-order valence-corrected chi connectivity index (χ3v) is 3.30. The molecule has 2 nitrogen and oxygen atoms in total. The van der Waals surface area contributed by atoms with Gasteiger partial charge in [0, 0.05) is 11.7 Å². The first-order valence-electron chi connectivity index (χ1n) is 5.75. The molecule has 1 aliphatic rings. The molecule has 0 aromatic heterocycles. The predicted molar refractivity (Wildman–Crippen MR) is 64.5 cm³/mol. The predicted octanol–water partition coefficient (Wildman–Crippen LogP) is 2.58. The van der Waals surface area contributed by atoms with Crippen molar-refractivity contribution < 1.29 is 0 Å². The average molecular weight is 204 g/mol. The standard InChI is InChI=1S/C13H20N2/c1-9-6-10(2)13(15-8-9)11-4-3-5-12(14)7-11/h3-5,7,9-10,13,15H,6,8,14H2,1-2H3. The van der Waals surface area contributed by atoms with Crippen LogP contribution in [0.3, 0.4) is 0 Å². The topological polar surface area (TPSA) is 38.0 Å². The van der Waals surface area contributed by atoms with Gasteiger partial charge in [0.25, 0.3) is 0 Å². The molecule has 2 heteroatoms. The van der Waals surface area contributed by atoms with E-state index in [1.54, 1.807) is 0 Å². The van der Waals surface area contributed by atoms with Crippen molar-refractivity contribution in [1.82, 2.24) is 5.32 Å². The van der Waals surface area contributed by atoms with E-state index in [-0.39, 0.29) is 0 Å². The van der Waals surface area contributed by atoms with Crippen molar-refractivity contribution in [2.24, 2.45) is 11.8 Å². The highest BCUT2D eigenvalue weighted by atomic mass is 14.9. The monoisotopic (exact) mass is 204 g/mol. The molecule has 1 fully saturated rings. The molecule has 3 unspecified atom stereocenters. The van der Waals surface area contributed by atoms with E-state index in [0.717, 1.165) is 18.2 Å². The summed E-state index contributed by atoms with van der Waals surface area (Å²) in [7, 11) is 0. The van der Waals surface area contributed by atoms with Gasteiger partial charge in [-0.3, -0.25) is 0 Å². The van der Waals surface area contributed by atoms with Crippen LogP contribution in [0, 0.1) is 11.8 Å². The Bertz CT molecular complexity index is 335. The number of piperidine rings is 1. The minimum absolute atomic E-state index is 0.477. The van der Waals surface area contributed by atoms with Gasteiger partial charge < -0.3 is 11.1 Å². The summed E-state index contributed by atoms with van der Waals surface area (Å²) in [5, 5.41) is 3.61. The van der Waals surface area contributed by atoms with Crippen LogP contribution < -0.4 is 11.1 Å². The van der Waals surface area contributed by atoms with E-state index in [1.165, 1.54) is 12.0 Å². The normalized spacial score (nSPS) is 31.5. The number of rotatable bonds is 1. The van der Waals surface area contributed by atoms with Gasteiger partial charge in [0.1, 0.15) is 0 Å². The van der Waals surface area contributed by atoms with Crippen LogP contribution in [0.4, 0.5) is 5.69 Å². The molecule has 0 amide bonds. The van der Waals surface area contributed by atoms with Gasteiger partial charge in [-0.1, -0.05) is 26.0 Å². The molecule has 0 radical (unpaired) electrons. The number of benzene rings is 1. The maximum atomic E-state index is 5.81. The number of anilines is 1. The van der Waals surface area contributed by atoms with Crippen LogP contribution in [-0.2, 0) is 0 Å². The summed E-state index contributed by atoms with van der Waals surface area (Å²) in [5.74, 6) is 1.48. The second kappa shape index (κ2) is 4.23.